The van der Waals surface area contributed by atoms with Gasteiger partial charge in [-0.3, -0.25) is 0 Å². The lowest BCUT2D eigenvalue weighted by Gasteiger charge is -2.32. The molecule has 154 valence electrons. The number of nitrogens with one attached hydrogen (secondary N) is 1. The predicted molar refractivity (Wildman–Crippen MR) is 116 cm³/mol. The number of aromatic hydroxyl groups is 1. The first kappa shape index (κ1) is 19.1. The highest BCUT2D eigenvalue weighted by Gasteiger charge is 2.35. The third kappa shape index (κ3) is 3.24. The fourth-order valence-electron chi connectivity index (χ4n) is 4.35. The summed E-state index contributed by atoms with van der Waals surface area (Å²) in [6.45, 7) is 3.94. The van der Waals surface area contributed by atoms with Crippen LogP contribution in [-0.2, 0) is 19.4 Å². The van der Waals surface area contributed by atoms with Gasteiger partial charge in [0.15, 0.2) is 11.9 Å². The fourth-order valence-corrected chi connectivity index (χ4v) is 5.51. The van der Waals surface area contributed by atoms with E-state index < -0.39 is 0 Å². The maximum atomic E-state index is 11.1. The monoisotopic (exact) mass is 421 g/mol. The van der Waals surface area contributed by atoms with Crippen LogP contribution < -0.4 is 9.64 Å². The van der Waals surface area contributed by atoms with Crippen LogP contribution in [0.25, 0.3) is 4.96 Å². The molecule has 2 atom stereocenters. The molecule has 0 aliphatic carbocycles. The van der Waals surface area contributed by atoms with Gasteiger partial charge in [-0.1, -0.05) is 42.5 Å². The van der Waals surface area contributed by atoms with Crippen molar-refractivity contribution in [3.05, 3.63) is 75.9 Å². The number of hydrogen-bond acceptors (Lipinski definition) is 5. The minimum atomic E-state index is 0.00263. The van der Waals surface area contributed by atoms with Crippen molar-refractivity contribution in [1.82, 2.24) is 14.6 Å². The summed E-state index contributed by atoms with van der Waals surface area (Å²) in [6.07, 6.45) is 1.78. The molecule has 7 heteroatoms. The maximum Gasteiger partial charge on any atom is 0.235 e. The third-order valence-corrected chi connectivity index (χ3v) is 7.02. The molecule has 4 aromatic rings. The Balaban J connectivity index is 1.60. The van der Waals surface area contributed by atoms with Crippen molar-refractivity contribution in [3.8, 4) is 11.6 Å². The first-order valence-electron chi connectivity index (χ1n) is 10.3. The topological polar surface area (TPSA) is 64.1 Å². The summed E-state index contributed by atoms with van der Waals surface area (Å²) >= 11 is 1.54. The third-order valence-electron chi connectivity index (χ3n) is 5.93. The Bertz CT molecular complexity index is 1180. The highest BCUT2D eigenvalue weighted by Crippen LogP contribution is 2.36. The van der Waals surface area contributed by atoms with E-state index in [1.54, 1.807) is 11.6 Å². The van der Waals surface area contributed by atoms with Gasteiger partial charge in [0.25, 0.3) is 0 Å². The number of hydrogen-bond donors (Lipinski definition) is 2. The van der Waals surface area contributed by atoms with E-state index in [1.165, 1.54) is 27.4 Å². The van der Waals surface area contributed by atoms with Crippen LogP contribution in [-0.4, -0.2) is 33.4 Å². The largest absolute Gasteiger partial charge is 0.497 e. The molecule has 3 heterocycles. The molecule has 0 radical (unpaired) electrons. The molecule has 0 saturated carbocycles. The molecule has 1 aliphatic rings. The van der Waals surface area contributed by atoms with Gasteiger partial charge < -0.3 is 14.7 Å². The van der Waals surface area contributed by atoms with E-state index in [4.69, 9.17) is 4.74 Å². The predicted octanol–water partition coefficient (Wildman–Crippen LogP) is 2.80. The molecular formula is C23H25N4O2S+. The van der Waals surface area contributed by atoms with Gasteiger partial charge in [0.1, 0.15) is 17.2 Å². The Morgan fingerprint density at radius 2 is 1.93 bits per heavy atom. The number of fused-ring (bicyclic) bond motifs is 2. The zero-order chi connectivity index (χ0) is 20.7. The van der Waals surface area contributed by atoms with Gasteiger partial charge in [-0.15, -0.1) is 5.10 Å². The molecule has 0 fully saturated rings. The van der Waals surface area contributed by atoms with Crippen molar-refractivity contribution in [2.24, 2.45) is 0 Å². The first-order valence-corrected chi connectivity index (χ1v) is 11.1. The zero-order valence-corrected chi connectivity index (χ0v) is 17.9. The van der Waals surface area contributed by atoms with E-state index >= 15 is 0 Å². The lowest BCUT2D eigenvalue weighted by Crippen LogP contribution is -3.12. The van der Waals surface area contributed by atoms with Gasteiger partial charge in [0.2, 0.25) is 10.8 Å². The highest BCUT2D eigenvalue weighted by molar-refractivity contribution is 7.17. The molecule has 0 bridgehead atoms. The van der Waals surface area contributed by atoms with E-state index in [2.05, 4.69) is 46.5 Å². The molecule has 0 saturated heterocycles. The zero-order valence-electron chi connectivity index (χ0n) is 17.1. The Morgan fingerprint density at radius 3 is 2.63 bits per heavy atom. The van der Waals surface area contributed by atoms with Crippen LogP contribution >= 0.6 is 11.3 Å². The van der Waals surface area contributed by atoms with Crippen molar-refractivity contribution in [1.29, 1.82) is 0 Å². The fraction of sp³-hybridized carbons (Fsp3) is 0.304. The lowest BCUT2D eigenvalue weighted by molar-refractivity contribution is -0.940. The quantitative estimate of drug-likeness (QED) is 0.520. The van der Waals surface area contributed by atoms with Gasteiger partial charge in [-0.05, 0) is 29.8 Å². The average Bonchev–Trinajstić information content (AvgIpc) is 3.33. The lowest BCUT2D eigenvalue weighted by atomic mass is 9.95. The van der Waals surface area contributed by atoms with Crippen LogP contribution in [0.2, 0.25) is 0 Å². The summed E-state index contributed by atoms with van der Waals surface area (Å²) in [4.78, 5) is 7.64. The standard InChI is InChI=1S/C23H24N4O2S/c1-3-19-24-23-27(25-19)22(28)21(30-23)20(16-8-10-18(29-2)11-9-16)26-13-12-15-6-4-5-7-17(15)14-26/h4-11,20,28H,3,12-14H2,1-2H3/p+1/t20-/m1/s1. The number of thiazole rings is 1. The van der Waals surface area contributed by atoms with E-state index in [1.807, 2.05) is 19.1 Å². The van der Waals surface area contributed by atoms with Crippen molar-refractivity contribution in [3.63, 3.8) is 0 Å². The number of quaternary nitrogens is 1. The van der Waals surface area contributed by atoms with E-state index in [9.17, 15) is 5.11 Å². The molecular weight excluding hydrogens is 396 g/mol. The molecule has 1 unspecified atom stereocenters. The second-order valence-corrected chi connectivity index (χ2v) is 8.68. The normalized spacial score (nSPS) is 17.1. The Labute approximate surface area is 179 Å². The Kier molecular flexibility index (Phi) is 4.92. The summed E-state index contributed by atoms with van der Waals surface area (Å²) in [5.74, 6) is 1.79. The summed E-state index contributed by atoms with van der Waals surface area (Å²) in [5, 5.41) is 15.6. The van der Waals surface area contributed by atoms with Gasteiger partial charge in [-0.25, -0.2) is 4.98 Å². The van der Waals surface area contributed by atoms with Gasteiger partial charge >= 0.3 is 0 Å². The molecule has 30 heavy (non-hydrogen) atoms. The second kappa shape index (κ2) is 7.74. The number of aromatic nitrogens is 3. The summed E-state index contributed by atoms with van der Waals surface area (Å²) in [7, 11) is 1.68. The van der Waals surface area contributed by atoms with E-state index in [0.717, 1.165) is 52.9 Å². The second-order valence-electron chi connectivity index (χ2n) is 7.68. The summed E-state index contributed by atoms with van der Waals surface area (Å²) in [5.41, 5.74) is 3.96. The van der Waals surface area contributed by atoms with Gasteiger partial charge in [0, 0.05) is 24.0 Å². The average molecular weight is 422 g/mol. The molecule has 2 N–H and O–H groups in total. The van der Waals surface area contributed by atoms with Crippen LogP contribution in [0, 0.1) is 0 Å². The molecule has 0 amide bonds. The number of ether oxygens (including phenoxy) is 1. The van der Waals surface area contributed by atoms with Gasteiger partial charge in [0.05, 0.1) is 13.7 Å². The highest BCUT2D eigenvalue weighted by atomic mass is 32.1. The van der Waals surface area contributed by atoms with Crippen molar-refractivity contribution in [2.45, 2.75) is 32.4 Å². The Morgan fingerprint density at radius 1 is 1.17 bits per heavy atom. The SMILES string of the molecule is CCc1nc2sc([C@@H](c3ccc(OC)cc3)[NH+]3CCc4ccccc4C3)c(O)n2n1. The number of methoxy groups -OCH3 is 1. The Hall–Kier alpha value is -2.90. The first-order chi connectivity index (χ1) is 14.7. The van der Waals surface area contributed by atoms with Crippen molar-refractivity contribution >= 4 is 16.3 Å². The van der Waals surface area contributed by atoms with Crippen LogP contribution in [0.3, 0.4) is 0 Å². The molecule has 2 aromatic carbocycles. The molecule has 6 nitrogen and oxygen atoms in total. The van der Waals surface area contributed by atoms with Crippen LogP contribution in [0.4, 0.5) is 0 Å². The number of rotatable bonds is 5. The number of aryl methyl sites for hydroxylation is 1. The minimum absolute atomic E-state index is 0.00263. The van der Waals surface area contributed by atoms with E-state index in [0.29, 0.717) is 0 Å². The number of benzene rings is 2. The van der Waals surface area contributed by atoms with Crippen molar-refractivity contribution in [2.75, 3.05) is 13.7 Å². The molecule has 2 aromatic heterocycles. The minimum Gasteiger partial charge on any atom is -0.497 e. The smallest absolute Gasteiger partial charge is 0.235 e. The summed E-state index contributed by atoms with van der Waals surface area (Å²) < 4.78 is 6.94. The molecule has 0 spiro atoms. The van der Waals surface area contributed by atoms with Crippen LogP contribution in [0.15, 0.2) is 48.5 Å². The van der Waals surface area contributed by atoms with E-state index in [-0.39, 0.29) is 11.9 Å². The summed E-state index contributed by atoms with van der Waals surface area (Å²) in [6, 6.07) is 16.8. The number of nitrogens with zero attached hydrogens (tertiary/aromatic N) is 3. The van der Waals surface area contributed by atoms with Crippen molar-refractivity contribution < 1.29 is 14.7 Å². The molecule has 1 aliphatic heterocycles. The van der Waals surface area contributed by atoms with Gasteiger partial charge in [-0.2, -0.15) is 4.52 Å². The molecule has 5 rings (SSSR count). The van der Waals surface area contributed by atoms with Crippen LogP contribution in [0.5, 0.6) is 11.6 Å². The van der Waals surface area contributed by atoms with Crippen LogP contribution in [0.1, 0.15) is 40.4 Å². The maximum absolute atomic E-state index is 11.1.